The lowest BCUT2D eigenvalue weighted by molar-refractivity contribution is -0.127. The number of hydrogen-bond donors (Lipinski definition) is 2. The largest absolute Gasteiger partial charge is 0.491 e. The van der Waals surface area contributed by atoms with E-state index in [0.717, 1.165) is 0 Å². The molecular formula is C19H19BrFNO6. The number of benzene rings is 2. The summed E-state index contributed by atoms with van der Waals surface area (Å²) >= 11 is 3.18. The lowest BCUT2D eigenvalue weighted by Crippen LogP contribution is -2.41. The number of ether oxygens (including phenoxy) is 4. The average Bonchev–Trinajstić information content (AvgIpc) is 3.14. The second-order valence-electron chi connectivity index (χ2n) is 6.06. The minimum Gasteiger partial charge on any atom is -0.491 e. The first-order valence-corrected chi connectivity index (χ1v) is 9.31. The number of carbonyl (C=O) groups is 1. The van der Waals surface area contributed by atoms with Gasteiger partial charge in [-0.25, -0.2) is 4.39 Å². The fourth-order valence-electron chi connectivity index (χ4n) is 2.39. The van der Waals surface area contributed by atoms with Crippen molar-refractivity contribution in [2.75, 3.05) is 19.9 Å². The van der Waals surface area contributed by atoms with Gasteiger partial charge in [0, 0.05) is 12.6 Å². The molecule has 1 amide bonds. The lowest BCUT2D eigenvalue weighted by atomic mass is 10.3. The zero-order chi connectivity index (χ0) is 20.1. The first-order valence-electron chi connectivity index (χ1n) is 8.52. The summed E-state index contributed by atoms with van der Waals surface area (Å²) in [6.07, 6.45) is -1.75. The molecular weight excluding hydrogens is 437 g/mol. The summed E-state index contributed by atoms with van der Waals surface area (Å²) in [5, 5.41) is 12.6. The summed E-state index contributed by atoms with van der Waals surface area (Å²) in [7, 11) is 0. The Morgan fingerprint density at radius 3 is 2.86 bits per heavy atom. The Balaban J connectivity index is 1.42. The minimum absolute atomic E-state index is 0.0122. The van der Waals surface area contributed by atoms with E-state index in [0.29, 0.717) is 27.5 Å². The number of rotatable bonds is 8. The van der Waals surface area contributed by atoms with Crippen LogP contribution in [-0.4, -0.2) is 43.2 Å². The maximum Gasteiger partial charge on any atom is 0.260 e. The molecule has 2 aromatic rings. The van der Waals surface area contributed by atoms with Crippen LogP contribution in [0.3, 0.4) is 0 Å². The SMILES string of the molecule is CC(Oc1ccc(F)cc1Br)C(=O)NCC(O)COc1ccc2c(c1)OCO2. The molecule has 0 aliphatic carbocycles. The summed E-state index contributed by atoms with van der Waals surface area (Å²) in [4.78, 5) is 12.1. The molecule has 0 saturated carbocycles. The summed E-state index contributed by atoms with van der Waals surface area (Å²) in [5.41, 5.74) is 0. The Labute approximate surface area is 169 Å². The van der Waals surface area contributed by atoms with Crippen molar-refractivity contribution in [3.8, 4) is 23.0 Å². The average molecular weight is 456 g/mol. The van der Waals surface area contributed by atoms with E-state index in [9.17, 15) is 14.3 Å². The van der Waals surface area contributed by atoms with Crippen LogP contribution in [0.5, 0.6) is 23.0 Å². The van der Waals surface area contributed by atoms with Gasteiger partial charge < -0.3 is 29.4 Å². The van der Waals surface area contributed by atoms with Gasteiger partial charge in [-0.15, -0.1) is 0 Å². The molecule has 0 radical (unpaired) electrons. The van der Waals surface area contributed by atoms with E-state index in [1.54, 1.807) is 25.1 Å². The molecule has 0 spiro atoms. The molecule has 0 aromatic heterocycles. The minimum atomic E-state index is -0.917. The van der Waals surface area contributed by atoms with Crippen molar-refractivity contribution in [1.29, 1.82) is 0 Å². The maximum atomic E-state index is 13.1. The number of aliphatic hydroxyl groups excluding tert-OH is 1. The van der Waals surface area contributed by atoms with E-state index in [-0.39, 0.29) is 19.9 Å². The third-order valence-electron chi connectivity index (χ3n) is 3.87. The highest BCUT2D eigenvalue weighted by Crippen LogP contribution is 2.35. The number of nitrogens with one attached hydrogen (secondary N) is 1. The standard InChI is InChI=1S/C19H19BrFNO6/c1-11(28-16-4-2-12(21)6-15(16)20)19(24)22-8-13(23)9-25-14-3-5-17-18(7-14)27-10-26-17/h2-7,11,13,23H,8-10H2,1H3,(H,22,24). The van der Waals surface area contributed by atoms with E-state index in [1.165, 1.54) is 18.2 Å². The smallest absolute Gasteiger partial charge is 0.260 e. The fourth-order valence-corrected chi connectivity index (χ4v) is 2.84. The second kappa shape index (κ2) is 9.11. The van der Waals surface area contributed by atoms with Crippen LogP contribution in [0.4, 0.5) is 4.39 Å². The summed E-state index contributed by atoms with van der Waals surface area (Å²) in [6.45, 7) is 1.70. The molecule has 7 nitrogen and oxygen atoms in total. The van der Waals surface area contributed by atoms with Crippen LogP contribution in [0.2, 0.25) is 0 Å². The van der Waals surface area contributed by atoms with Gasteiger partial charge in [0.15, 0.2) is 17.6 Å². The van der Waals surface area contributed by atoms with Crippen LogP contribution in [0, 0.1) is 5.82 Å². The number of hydrogen-bond acceptors (Lipinski definition) is 6. The monoisotopic (exact) mass is 455 g/mol. The zero-order valence-electron chi connectivity index (χ0n) is 15.0. The molecule has 2 atom stereocenters. The Morgan fingerprint density at radius 1 is 1.29 bits per heavy atom. The Morgan fingerprint density at radius 2 is 2.07 bits per heavy atom. The van der Waals surface area contributed by atoms with Crippen LogP contribution in [0.15, 0.2) is 40.9 Å². The quantitative estimate of drug-likeness (QED) is 0.636. The molecule has 0 fully saturated rings. The summed E-state index contributed by atoms with van der Waals surface area (Å²) in [5.74, 6) is 1.25. The third-order valence-corrected chi connectivity index (χ3v) is 4.48. The van der Waals surface area contributed by atoms with E-state index in [2.05, 4.69) is 21.2 Å². The molecule has 28 heavy (non-hydrogen) atoms. The molecule has 2 aromatic carbocycles. The maximum absolute atomic E-state index is 13.1. The van der Waals surface area contributed by atoms with Crippen LogP contribution in [0.25, 0.3) is 0 Å². The second-order valence-corrected chi connectivity index (χ2v) is 6.91. The Hall–Kier alpha value is -2.52. The van der Waals surface area contributed by atoms with Gasteiger partial charge in [-0.1, -0.05) is 0 Å². The highest BCUT2D eigenvalue weighted by Gasteiger charge is 2.18. The van der Waals surface area contributed by atoms with Crippen molar-refractivity contribution in [3.05, 3.63) is 46.7 Å². The van der Waals surface area contributed by atoms with E-state index in [1.807, 2.05) is 0 Å². The van der Waals surface area contributed by atoms with Gasteiger partial charge >= 0.3 is 0 Å². The summed E-state index contributed by atoms with van der Waals surface area (Å²) < 4.78 is 35.0. The third kappa shape index (κ3) is 5.26. The molecule has 9 heteroatoms. The predicted octanol–water partition coefficient (Wildman–Crippen LogP) is 2.64. The molecule has 2 unspecified atom stereocenters. The highest BCUT2D eigenvalue weighted by molar-refractivity contribution is 9.10. The molecule has 3 rings (SSSR count). The number of carbonyl (C=O) groups excluding carboxylic acids is 1. The van der Waals surface area contributed by atoms with E-state index >= 15 is 0 Å². The number of aliphatic hydroxyl groups is 1. The molecule has 1 aliphatic heterocycles. The number of halogens is 2. The number of fused-ring (bicyclic) bond motifs is 1. The first-order chi connectivity index (χ1) is 13.4. The van der Waals surface area contributed by atoms with Crippen molar-refractivity contribution in [2.45, 2.75) is 19.1 Å². The number of amides is 1. The highest BCUT2D eigenvalue weighted by atomic mass is 79.9. The summed E-state index contributed by atoms with van der Waals surface area (Å²) in [6, 6.07) is 9.01. The van der Waals surface area contributed by atoms with Crippen LogP contribution in [-0.2, 0) is 4.79 Å². The van der Waals surface area contributed by atoms with Gasteiger partial charge in [0.2, 0.25) is 6.79 Å². The van der Waals surface area contributed by atoms with Gasteiger partial charge in [0.05, 0.1) is 4.47 Å². The zero-order valence-corrected chi connectivity index (χ0v) is 16.6. The van der Waals surface area contributed by atoms with Crippen molar-refractivity contribution >= 4 is 21.8 Å². The molecule has 2 N–H and O–H groups in total. The van der Waals surface area contributed by atoms with Gasteiger partial charge in [-0.05, 0) is 53.2 Å². The van der Waals surface area contributed by atoms with Crippen molar-refractivity contribution in [2.24, 2.45) is 0 Å². The van der Waals surface area contributed by atoms with Crippen molar-refractivity contribution in [3.63, 3.8) is 0 Å². The van der Waals surface area contributed by atoms with Gasteiger partial charge in [-0.3, -0.25) is 4.79 Å². The van der Waals surface area contributed by atoms with Crippen LogP contribution in [0.1, 0.15) is 6.92 Å². The molecule has 0 saturated heterocycles. The normalized spacial score (nSPS) is 14.3. The molecule has 150 valence electrons. The van der Waals surface area contributed by atoms with Crippen LogP contribution < -0.4 is 24.3 Å². The topological polar surface area (TPSA) is 86.3 Å². The Kier molecular flexibility index (Phi) is 6.58. The Bertz CT molecular complexity index is 849. The molecule has 0 bridgehead atoms. The van der Waals surface area contributed by atoms with Crippen molar-refractivity contribution < 1.29 is 33.2 Å². The van der Waals surface area contributed by atoms with E-state index in [4.69, 9.17) is 18.9 Å². The molecule has 1 heterocycles. The first kappa shape index (κ1) is 20.2. The molecule has 1 aliphatic rings. The van der Waals surface area contributed by atoms with Gasteiger partial charge in [0.25, 0.3) is 5.91 Å². The van der Waals surface area contributed by atoms with Gasteiger partial charge in [0.1, 0.15) is 30.0 Å². The van der Waals surface area contributed by atoms with Crippen molar-refractivity contribution in [1.82, 2.24) is 5.32 Å². The van der Waals surface area contributed by atoms with Gasteiger partial charge in [-0.2, -0.15) is 0 Å². The van der Waals surface area contributed by atoms with E-state index < -0.39 is 23.9 Å². The lowest BCUT2D eigenvalue weighted by Gasteiger charge is -2.18. The fraction of sp³-hybridized carbons (Fsp3) is 0.316. The predicted molar refractivity (Wildman–Crippen MR) is 101 cm³/mol. The van der Waals surface area contributed by atoms with Crippen LogP contribution >= 0.6 is 15.9 Å².